The molecule has 1 aromatic carbocycles. The summed E-state index contributed by atoms with van der Waals surface area (Å²) in [6.07, 6.45) is 3.71. The van der Waals surface area contributed by atoms with Crippen molar-refractivity contribution in [1.29, 1.82) is 0 Å². The van der Waals surface area contributed by atoms with Crippen molar-refractivity contribution in [1.82, 2.24) is 19.5 Å². The van der Waals surface area contributed by atoms with Gasteiger partial charge in [-0.25, -0.2) is 19.5 Å². The third kappa shape index (κ3) is 6.42. The fourth-order valence-electron chi connectivity index (χ4n) is 4.58. The molecule has 3 heterocycles. The zero-order valence-electron chi connectivity index (χ0n) is 22.9. The lowest BCUT2D eigenvalue weighted by atomic mass is 10.1. The van der Waals surface area contributed by atoms with E-state index in [0.29, 0.717) is 60.4 Å². The second-order valence-electron chi connectivity index (χ2n) is 10.3. The van der Waals surface area contributed by atoms with Crippen molar-refractivity contribution in [3.05, 3.63) is 54.7 Å². The number of benzene rings is 1. The van der Waals surface area contributed by atoms with Gasteiger partial charge in [-0.05, 0) is 71.2 Å². The Kier molecular flexibility index (Phi) is 8.27. The standard InChI is InChI=1S/C28H36N6O5/c1-6-9-22-24(30-19-10-8-17-32(18-19)26(35)36)31-23-15-16-29-34(23)25(22)33(27(37)39-28(3,4)5)20-11-13-21(14-12-20)38-7-2/h6,11-16,19H,1,7-10,17-18H2,2-5H3,(H,30,31)(H,35,36)/t19-/m0/s1. The second kappa shape index (κ2) is 11.6. The number of nitrogens with one attached hydrogen (secondary N) is 1. The Morgan fingerprint density at radius 1 is 1.26 bits per heavy atom. The van der Waals surface area contributed by atoms with Gasteiger partial charge in [-0.1, -0.05) is 6.08 Å². The van der Waals surface area contributed by atoms with E-state index in [1.807, 2.05) is 27.7 Å². The number of fused-ring (bicyclic) bond motifs is 1. The van der Waals surface area contributed by atoms with Crippen LogP contribution in [0.25, 0.3) is 5.65 Å². The number of rotatable bonds is 8. The van der Waals surface area contributed by atoms with E-state index in [9.17, 15) is 14.7 Å². The first kappa shape index (κ1) is 27.7. The van der Waals surface area contributed by atoms with Crippen LogP contribution in [0.15, 0.2) is 49.2 Å². The monoisotopic (exact) mass is 536 g/mol. The molecule has 11 nitrogen and oxygen atoms in total. The minimum atomic E-state index is -0.945. The molecule has 0 spiro atoms. The molecule has 2 N–H and O–H groups in total. The Bertz CT molecular complexity index is 1330. The van der Waals surface area contributed by atoms with Gasteiger partial charge in [0.2, 0.25) is 0 Å². The average Bonchev–Trinajstić information content (AvgIpc) is 3.34. The molecule has 1 saturated heterocycles. The number of carboxylic acid groups (broad SMARTS) is 1. The summed E-state index contributed by atoms with van der Waals surface area (Å²) >= 11 is 0. The molecule has 3 aromatic rings. The number of allylic oxidation sites excluding steroid dienone is 1. The van der Waals surface area contributed by atoms with Crippen molar-refractivity contribution in [2.75, 3.05) is 29.9 Å². The van der Waals surface area contributed by atoms with Gasteiger partial charge in [0, 0.05) is 30.8 Å². The van der Waals surface area contributed by atoms with Gasteiger partial charge in [-0.2, -0.15) is 9.61 Å². The van der Waals surface area contributed by atoms with E-state index in [1.165, 1.54) is 9.80 Å². The summed E-state index contributed by atoms with van der Waals surface area (Å²) in [6, 6.07) is 8.79. The number of carbonyl (C=O) groups is 2. The zero-order valence-corrected chi connectivity index (χ0v) is 22.9. The van der Waals surface area contributed by atoms with Crippen LogP contribution in [-0.4, -0.2) is 68.1 Å². The van der Waals surface area contributed by atoms with Crippen LogP contribution in [-0.2, 0) is 11.2 Å². The third-order valence-corrected chi connectivity index (χ3v) is 6.18. The SMILES string of the molecule is C=CCc1c(N[C@H]2CCCN(C(=O)O)C2)nc2ccnn2c1N(C(=O)OC(C)(C)C)c1ccc(OCC)cc1. The number of aromatic nitrogens is 3. The summed E-state index contributed by atoms with van der Waals surface area (Å²) < 4.78 is 13.1. The highest BCUT2D eigenvalue weighted by atomic mass is 16.6. The molecule has 0 aliphatic carbocycles. The minimum Gasteiger partial charge on any atom is -0.494 e. The summed E-state index contributed by atoms with van der Waals surface area (Å²) in [5, 5.41) is 17.5. The molecule has 0 saturated carbocycles. The summed E-state index contributed by atoms with van der Waals surface area (Å²) in [6.45, 7) is 12.6. The number of hydrogen-bond donors (Lipinski definition) is 2. The van der Waals surface area contributed by atoms with E-state index in [1.54, 1.807) is 47.1 Å². The maximum absolute atomic E-state index is 13.8. The Morgan fingerprint density at radius 3 is 2.64 bits per heavy atom. The first-order chi connectivity index (χ1) is 18.6. The fourth-order valence-corrected chi connectivity index (χ4v) is 4.58. The summed E-state index contributed by atoms with van der Waals surface area (Å²) in [5.41, 5.74) is 1.000. The lowest BCUT2D eigenvalue weighted by Crippen LogP contribution is -2.44. The number of piperidine rings is 1. The van der Waals surface area contributed by atoms with Crippen LogP contribution in [0.4, 0.5) is 26.9 Å². The van der Waals surface area contributed by atoms with E-state index >= 15 is 0 Å². The number of likely N-dealkylation sites (tertiary alicyclic amines) is 1. The predicted octanol–water partition coefficient (Wildman–Crippen LogP) is 5.48. The molecule has 2 amide bonds. The molecule has 208 valence electrons. The van der Waals surface area contributed by atoms with E-state index in [4.69, 9.17) is 14.5 Å². The van der Waals surface area contributed by atoms with Gasteiger partial charge in [-0.3, -0.25) is 0 Å². The molecule has 2 aromatic heterocycles. The quantitative estimate of drug-likeness (QED) is 0.363. The number of ether oxygens (including phenoxy) is 2. The van der Waals surface area contributed by atoms with E-state index in [0.717, 1.165) is 12.8 Å². The van der Waals surface area contributed by atoms with Crippen molar-refractivity contribution in [2.24, 2.45) is 0 Å². The predicted molar refractivity (Wildman–Crippen MR) is 149 cm³/mol. The highest BCUT2D eigenvalue weighted by Crippen LogP contribution is 2.36. The Morgan fingerprint density at radius 2 is 2.00 bits per heavy atom. The number of carbonyl (C=O) groups excluding carboxylic acids is 1. The van der Waals surface area contributed by atoms with Gasteiger partial charge >= 0.3 is 12.2 Å². The third-order valence-electron chi connectivity index (χ3n) is 6.18. The molecule has 39 heavy (non-hydrogen) atoms. The largest absolute Gasteiger partial charge is 0.494 e. The number of nitrogens with zero attached hydrogens (tertiary/aromatic N) is 5. The van der Waals surface area contributed by atoms with Crippen molar-refractivity contribution in [3.63, 3.8) is 0 Å². The topological polar surface area (TPSA) is 122 Å². The molecule has 0 radical (unpaired) electrons. The van der Waals surface area contributed by atoms with Crippen LogP contribution in [0.5, 0.6) is 5.75 Å². The second-order valence-corrected chi connectivity index (χ2v) is 10.3. The van der Waals surface area contributed by atoms with E-state index in [-0.39, 0.29) is 6.04 Å². The molecular formula is C28H36N6O5. The highest BCUT2D eigenvalue weighted by molar-refractivity contribution is 5.97. The van der Waals surface area contributed by atoms with Gasteiger partial charge in [0.25, 0.3) is 0 Å². The van der Waals surface area contributed by atoms with Gasteiger partial charge < -0.3 is 24.8 Å². The van der Waals surface area contributed by atoms with Crippen LogP contribution in [0.2, 0.25) is 0 Å². The molecular weight excluding hydrogens is 500 g/mol. The van der Waals surface area contributed by atoms with Crippen molar-refractivity contribution < 1.29 is 24.2 Å². The van der Waals surface area contributed by atoms with Crippen LogP contribution in [0.1, 0.15) is 46.1 Å². The van der Waals surface area contributed by atoms with Crippen molar-refractivity contribution in [2.45, 2.75) is 58.6 Å². The molecule has 11 heteroatoms. The molecule has 1 aliphatic rings. The van der Waals surface area contributed by atoms with Crippen LogP contribution in [0.3, 0.4) is 0 Å². The Hall–Kier alpha value is -4.28. The first-order valence-electron chi connectivity index (χ1n) is 13.1. The average molecular weight is 537 g/mol. The van der Waals surface area contributed by atoms with Crippen LogP contribution in [0, 0.1) is 0 Å². The maximum atomic E-state index is 13.8. The maximum Gasteiger partial charge on any atom is 0.420 e. The first-order valence-corrected chi connectivity index (χ1v) is 13.1. The zero-order chi connectivity index (χ0) is 28.2. The molecule has 1 atom stereocenters. The molecule has 1 aliphatic heterocycles. The van der Waals surface area contributed by atoms with Gasteiger partial charge in [0.05, 0.1) is 18.5 Å². The summed E-state index contributed by atoms with van der Waals surface area (Å²) in [5.74, 6) is 1.67. The normalized spacial score (nSPS) is 15.6. The molecule has 1 fully saturated rings. The van der Waals surface area contributed by atoms with Gasteiger partial charge in [0.1, 0.15) is 17.2 Å². The lowest BCUT2D eigenvalue weighted by Gasteiger charge is -2.33. The number of amides is 2. The summed E-state index contributed by atoms with van der Waals surface area (Å²) in [7, 11) is 0. The number of hydrogen-bond acceptors (Lipinski definition) is 7. The minimum absolute atomic E-state index is 0.149. The highest BCUT2D eigenvalue weighted by Gasteiger charge is 2.32. The Balaban J connectivity index is 1.87. The fraction of sp³-hybridized carbons (Fsp3) is 0.429. The summed E-state index contributed by atoms with van der Waals surface area (Å²) in [4.78, 5) is 33.1. The van der Waals surface area contributed by atoms with Crippen molar-refractivity contribution in [3.8, 4) is 5.75 Å². The smallest absolute Gasteiger partial charge is 0.420 e. The molecule has 4 rings (SSSR count). The van der Waals surface area contributed by atoms with E-state index < -0.39 is 17.8 Å². The van der Waals surface area contributed by atoms with E-state index in [2.05, 4.69) is 17.0 Å². The molecule has 0 bridgehead atoms. The van der Waals surface area contributed by atoms with Crippen LogP contribution < -0.4 is 15.0 Å². The van der Waals surface area contributed by atoms with Crippen molar-refractivity contribution >= 4 is 35.2 Å². The van der Waals surface area contributed by atoms with Crippen LogP contribution >= 0.6 is 0 Å². The Labute approximate surface area is 228 Å². The lowest BCUT2D eigenvalue weighted by molar-refractivity contribution is 0.0597. The van der Waals surface area contributed by atoms with Gasteiger partial charge in [-0.15, -0.1) is 6.58 Å². The number of anilines is 3. The van der Waals surface area contributed by atoms with Gasteiger partial charge in [0.15, 0.2) is 11.5 Å². The molecule has 0 unspecified atom stereocenters.